The molecule has 1 unspecified atom stereocenters. The number of ether oxygens (including phenoxy) is 1. The van der Waals surface area contributed by atoms with E-state index in [1.54, 1.807) is 0 Å². The van der Waals surface area contributed by atoms with Crippen LogP contribution in [0.5, 0.6) is 0 Å². The number of rotatable bonds is 22. The highest BCUT2D eigenvalue weighted by Crippen LogP contribution is 2.13. The highest BCUT2D eigenvalue weighted by molar-refractivity contribution is 4.72. The van der Waals surface area contributed by atoms with E-state index in [2.05, 4.69) is 13.5 Å². The summed E-state index contributed by atoms with van der Waals surface area (Å²) < 4.78 is 5.65. The zero-order chi connectivity index (χ0) is 19.1. The fraction of sp³-hybridized carbons (Fsp3) is 0.917. The lowest BCUT2D eigenvalue weighted by molar-refractivity contribution is 0.0717. The molecule has 1 N–H and O–H groups in total. The second-order valence-corrected chi connectivity index (χ2v) is 7.95. The molecule has 26 heavy (non-hydrogen) atoms. The Labute approximate surface area is 164 Å². The van der Waals surface area contributed by atoms with Crippen LogP contribution in [0.1, 0.15) is 116 Å². The van der Waals surface area contributed by atoms with Crippen LogP contribution in [-0.4, -0.2) is 24.9 Å². The summed E-state index contributed by atoms with van der Waals surface area (Å²) in [6.07, 6.45) is 25.1. The lowest BCUT2D eigenvalue weighted by Gasteiger charge is -2.12. The van der Waals surface area contributed by atoms with Crippen LogP contribution in [0.25, 0.3) is 0 Å². The molecule has 0 aromatic carbocycles. The SMILES string of the molecule is C=CCC(CO)COCCCCCCCCCCCCCCCCCC. The molecular weight excluding hydrogens is 320 g/mol. The van der Waals surface area contributed by atoms with Crippen LogP contribution in [-0.2, 0) is 4.74 Å². The van der Waals surface area contributed by atoms with E-state index in [0.717, 1.165) is 19.4 Å². The normalized spacial score (nSPS) is 12.4. The zero-order valence-corrected chi connectivity index (χ0v) is 17.9. The molecule has 0 aliphatic heterocycles. The van der Waals surface area contributed by atoms with Gasteiger partial charge in [-0.05, 0) is 12.8 Å². The van der Waals surface area contributed by atoms with Crippen LogP contribution in [0, 0.1) is 5.92 Å². The summed E-state index contributed by atoms with van der Waals surface area (Å²) in [6, 6.07) is 0. The monoisotopic (exact) mass is 368 g/mol. The van der Waals surface area contributed by atoms with Crippen molar-refractivity contribution < 1.29 is 9.84 Å². The van der Waals surface area contributed by atoms with Crippen LogP contribution in [0.3, 0.4) is 0 Å². The number of hydrogen-bond donors (Lipinski definition) is 1. The van der Waals surface area contributed by atoms with Gasteiger partial charge in [-0.2, -0.15) is 0 Å². The van der Waals surface area contributed by atoms with Gasteiger partial charge in [0.05, 0.1) is 6.61 Å². The van der Waals surface area contributed by atoms with Crippen molar-refractivity contribution >= 4 is 0 Å². The summed E-state index contributed by atoms with van der Waals surface area (Å²) in [7, 11) is 0. The smallest absolute Gasteiger partial charge is 0.0519 e. The lowest BCUT2D eigenvalue weighted by atomic mass is 10.0. The van der Waals surface area contributed by atoms with Gasteiger partial charge >= 0.3 is 0 Å². The van der Waals surface area contributed by atoms with E-state index in [9.17, 15) is 5.11 Å². The van der Waals surface area contributed by atoms with Crippen LogP contribution < -0.4 is 0 Å². The molecule has 2 nitrogen and oxygen atoms in total. The van der Waals surface area contributed by atoms with Gasteiger partial charge in [0.15, 0.2) is 0 Å². The Morgan fingerprint density at radius 2 is 1.15 bits per heavy atom. The molecule has 0 heterocycles. The minimum atomic E-state index is 0.199. The highest BCUT2D eigenvalue weighted by Gasteiger charge is 2.04. The fourth-order valence-electron chi connectivity index (χ4n) is 3.43. The van der Waals surface area contributed by atoms with E-state index in [1.807, 2.05) is 6.08 Å². The maximum Gasteiger partial charge on any atom is 0.0519 e. The van der Waals surface area contributed by atoms with E-state index in [0.29, 0.717) is 6.61 Å². The summed E-state index contributed by atoms with van der Waals surface area (Å²) in [5.74, 6) is 0.230. The molecule has 1 atom stereocenters. The number of hydrogen-bond acceptors (Lipinski definition) is 2. The van der Waals surface area contributed by atoms with Gasteiger partial charge in [-0.25, -0.2) is 0 Å². The molecule has 0 saturated heterocycles. The molecule has 0 radical (unpaired) electrons. The summed E-state index contributed by atoms with van der Waals surface area (Å²) in [5.41, 5.74) is 0. The molecule has 2 heteroatoms. The van der Waals surface area contributed by atoms with Crippen LogP contribution >= 0.6 is 0 Å². The molecule has 0 aromatic heterocycles. The number of aliphatic hydroxyl groups is 1. The maximum atomic E-state index is 9.17. The van der Waals surface area contributed by atoms with E-state index in [-0.39, 0.29) is 12.5 Å². The largest absolute Gasteiger partial charge is 0.396 e. The topological polar surface area (TPSA) is 29.5 Å². The predicted molar refractivity (Wildman–Crippen MR) is 116 cm³/mol. The first-order valence-corrected chi connectivity index (χ1v) is 11.6. The molecule has 0 aliphatic carbocycles. The number of unbranched alkanes of at least 4 members (excludes halogenated alkanes) is 15. The first kappa shape index (κ1) is 25.7. The number of aliphatic hydroxyl groups excluding tert-OH is 1. The van der Waals surface area contributed by atoms with Crippen molar-refractivity contribution in [1.82, 2.24) is 0 Å². The zero-order valence-electron chi connectivity index (χ0n) is 17.9. The van der Waals surface area contributed by atoms with Crippen molar-refractivity contribution in [1.29, 1.82) is 0 Å². The Morgan fingerprint density at radius 1 is 0.731 bits per heavy atom. The second kappa shape index (κ2) is 22.7. The van der Waals surface area contributed by atoms with E-state index in [1.165, 1.54) is 96.3 Å². The van der Waals surface area contributed by atoms with E-state index in [4.69, 9.17) is 4.74 Å². The van der Waals surface area contributed by atoms with Crippen molar-refractivity contribution in [2.24, 2.45) is 5.92 Å². The minimum Gasteiger partial charge on any atom is -0.396 e. The van der Waals surface area contributed by atoms with Gasteiger partial charge < -0.3 is 9.84 Å². The molecular formula is C24H48O2. The standard InChI is InChI=1S/C24H48O2/c1-3-5-6-7-8-9-10-11-12-13-14-15-16-17-18-19-21-26-23-24(22-25)20-4-2/h4,24-25H,2-3,5-23H2,1H3. The Morgan fingerprint density at radius 3 is 1.54 bits per heavy atom. The Kier molecular flexibility index (Phi) is 22.4. The first-order chi connectivity index (χ1) is 12.8. The fourth-order valence-corrected chi connectivity index (χ4v) is 3.43. The molecule has 0 rings (SSSR count). The van der Waals surface area contributed by atoms with Crippen molar-refractivity contribution in [3.05, 3.63) is 12.7 Å². The van der Waals surface area contributed by atoms with Crippen LogP contribution in [0.4, 0.5) is 0 Å². The van der Waals surface area contributed by atoms with Crippen molar-refractivity contribution in [2.75, 3.05) is 19.8 Å². The Bertz CT molecular complexity index is 265. The third kappa shape index (κ3) is 20.0. The van der Waals surface area contributed by atoms with E-state index >= 15 is 0 Å². The van der Waals surface area contributed by atoms with Crippen molar-refractivity contribution in [3.63, 3.8) is 0 Å². The summed E-state index contributed by atoms with van der Waals surface area (Å²) in [4.78, 5) is 0. The Hall–Kier alpha value is -0.340. The molecule has 0 aromatic rings. The Balaban J connectivity index is 3.08. The predicted octanol–water partition coefficient (Wildman–Crippen LogP) is 7.45. The summed E-state index contributed by atoms with van der Waals surface area (Å²) in [6.45, 7) is 7.71. The lowest BCUT2D eigenvalue weighted by Crippen LogP contribution is -2.13. The van der Waals surface area contributed by atoms with Crippen molar-refractivity contribution in [3.8, 4) is 0 Å². The third-order valence-electron chi connectivity index (χ3n) is 5.25. The highest BCUT2D eigenvalue weighted by atomic mass is 16.5. The quantitative estimate of drug-likeness (QED) is 0.159. The molecule has 0 spiro atoms. The molecule has 0 saturated carbocycles. The van der Waals surface area contributed by atoms with Gasteiger partial charge in [0.2, 0.25) is 0 Å². The molecule has 0 aliphatic rings. The molecule has 0 amide bonds. The van der Waals surface area contributed by atoms with Gasteiger partial charge in [0, 0.05) is 19.1 Å². The third-order valence-corrected chi connectivity index (χ3v) is 5.25. The number of allylic oxidation sites excluding steroid dienone is 1. The van der Waals surface area contributed by atoms with Crippen molar-refractivity contribution in [2.45, 2.75) is 116 Å². The summed E-state index contributed by atoms with van der Waals surface area (Å²) in [5, 5.41) is 9.17. The van der Waals surface area contributed by atoms with E-state index < -0.39 is 0 Å². The van der Waals surface area contributed by atoms with Gasteiger partial charge in [0.25, 0.3) is 0 Å². The van der Waals surface area contributed by atoms with Crippen LogP contribution in [0.2, 0.25) is 0 Å². The van der Waals surface area contributed by atoms with Crippen LogP contribution in [0.15, 0.2) is 12.7 Å². The molecule has 0 bridgehead atoms. The average molecular weight is 369 g/mol. The van der Waals surface area contributed by atoms with Gasteiger partial charge in [-0.15, -0.1) is 6.58 Å². The minimum absolute atomic E-state index is 0.199. The summed E-state index contributed by atoms with van der Waals surface area (Å²) >= 11 is 0. The van der Waals surface area contributed by atoms with Gasteiger partial charge in [0.1, 0.15) is 0 Å². The molecule has 156 valence electrons. The maximum absolute atomic E-state index is 9.17. The second-order valence-electron chi connectivity index (χ2n) is 7.95. The first-order valence-electron chi connectivity index (χ1n) is 11.6. The molecule has 0 fully saturated rings. The van der Waals surface area contributed by atoms with Gasteiger partial charge in [-0.1, -0.05) is 109 Å². The van der Waals surface area contributed by atoms with Gasteiger partial charge in [-0.3, -0.25) is 0 Å². The average Bonchev–Trinajstić information content (AvgIpc) is 2.66.